The lowest BCUT2D eigenvalue weighted by molar-refractivity contribution is 0.151. The average Bonchev–Trinajstić information content (AvgIpc) is 2.10. The Morgan fingerprint density at radius 2 is 2.29 bits per heavy atom. The predicted octanol–water partition coefficient (Wildman–Crippen LogP) is 3.05. The van der Waals surface area contributed by atoms with Crippen molar-refractivity contribution in [3.63, 3.8) is 0 Å². The molecule has 0 saturated carbocycles. The van der Waals surface area contributed by atoms with Crippen molar-refractivity contribution in [3.05, 3.63) is 28.0 Å². The second kappa shape index (κ2) is 4.34. The molecule has 0 N–H and O–H groups in total. The third kappa shape index (κ3) is 2.18. The first-order valence-electron chi connectivity index (χ1n) is 3.87. The van der Waals surface area contributed by atoms with Crippen molar-refractivity contribution in [2.75, 3.05) is 0 Å². The minimum Gasteiger partial charge on any atom is -0.255 e. The van der Waals surface area contributed by atoms with Gasteiger partial charge in [0.2, 0.25) is 0 Å². The topological polar surface area (TPSA) is 36.7 Å². The van der Waals surface area contributed by atoms with Crippen LogP contribution in [0.15, 0.2) is 6.07 Å². The lowest BCUT2D eigenvalue weighted by Gasteiger charge is -2.07. The highest BCUT2D eigenvalue weighted by atomic mass is 35.5. The molecule has 1 rings (SSSR count). The smallest absolute Gasteiger partial charge is 0.255 e. The predicted molar refractivity (Wildman–Crippen MR) is 48.3 cm³/mol. The lowest BCUT2D eigenvalue weighted by Crippen LogP contribution is -1.98. The van der Waals surface area contributed by atoms with Gasteiger partial charge in [-0.25, -0.2) is 8.78 Å². The summed E-state index contributed by atoms with van der Waals surface area (Å²) in [6.45, 7) is 1.59. The maximum atomic E-state index is 12.4. The van der Waals surface area contributed by atoms with E-state index in [1.165, 1.54) is 6.07 Å². The van der Waals surface area contributed by atoms with Crippen LogP contribution >= 0.6 is 11.6 Å². The quantitative estimate of drug-likeness (QED) is 0.762. The third-order valence-corrected chi connectivity index (χ3v) is 2.10. The Kier molecular flexibility index (Phi) is 3.37. The van der Waals surface area contributed by atoms with Gasteiger partial charge in [0, 0.05) is 11.3 Å². The Balaban J connectivity index is 3.26. The van der Waals surface area contributed by atoms with Gasteiger partial charge >= 0.3 is 0 Å². The Morgan fingerprint density at radius 3 is 2.79 bits per heavy atom. The number of aryl methyl sites for hydroxylation is 1. The molecule has 0 amide bonds. The summed E-state index contributed by atoms with van der Waals surface area (Å²) in [6, 6.07) is 3.06. The minimum atomic E-state index is -2.64. The normalized spacial score (nSPS) is 10.3. The number of halogens is 3. The number of nitrogens with zero attached hydrogens (tertiary/aromatic N) is 2. The van der Waals surface area contributed by atoms with Crippen LogP contribution in [0.2, 0.25) is 5.02 Å². The van der Waals surface area contributed by atoms with Crippen molar-refractivity contribution in [2.45, 2.75) is 19.8 Å². The van der Waals surface area contributed by atoms with Crippen molar-refractivity contribution in [1.82, 2.24) is 4.98 Å². The van der Waals surface area contributed by atoms with Crippen LogP contribution in [0.25, 0.3) is 0 Å². The van der Waals surface area contributed by atoms with Gasteiger partial charge < -0.3 is 0 Å². The van der Waals surface area contributed by atoms with Crippen LogP contribution in [0.4, 0.5) is 8.78 Å². The molecule has 0 radical (unpaired) electrons. The zero-order chi connectivity index (χ0) is 10.7. The fourth-order valence-corrected chi connectivity index (χ4v) is 1.35. The van der Waals surface area contributed by atoms with E-state index in [4.69, 9.17) is 16.9 Å². The lowest BCUT2D eigenvalue weighted by atomic mass is 10.1. The van der Waals surface area contributed by atoms with Crippen LogP contribution in [-0.2, 0) is 6.42 Å². The highest BCUT2D eigenvalue weighted by Crippen LogP contribution is 2.29. The summed E-state index contributed by atoms with van der Waals surface area (Å²) >= 11 is 5.66. The Morgan fingerprint density at radius 1 is 1.64 bits per heavy atom. The van der Waals surface area contributed by atoms with E-state index in [0.29, 0.717) is 5.69 Å². The van der Waals surface area contributed by atoms with Crippen LogP contribution in [0, 0.1) is 18.3 Å². The molecule has 14 heavy (non-hydrogen) atoms. The molecule has 0 unspecified atom stereocenters. The van der Waals surface area contributed by atoms with Crippen molar-refractivity contribution in [3.8, 4) is 6.07 Å². The van der Waals surface area contributed by atoms with Crippen LogP contribution in [0.1, 0.15) is 23.4 Å². The van der Waals surface area contributed by atoms with E-state index >= 15 is 0 Å². The molecular weight excluding hydrogens is 210 g/mol. The maximum Gasteiger partial charge on any atom is 0.265 e. The Bertz CT molecular complexity index is 385. The van der Waals surface area contributed by atoms with Crippen LogP contribution in [0.3, 0.4) is 0 Å². The zero-order valence-corrected chi connectivity index (χ0v) is 8.15. The van der Waals surface area contributed by atoms with Crippen LogP contribution in [-0.4, -0.2) is 4.98 Å². The van der Waals surface area contributed by atoms with Gasteiger partial charge in [-0.15, -0.1) is 0 Å². The number of rotatable bonds is 2. The van der Waals surface area contributed by atoms with Crippen LogP contribution < -0.4 is 0 Å². The van der Waals surface area contributed by atoms with E-state index in [0.717, 1.165) is 0 Å². The molecule has 0 saturated heterocycles. The fraction of sp³-hybridized carbons (Fsp3) is 0.333. The van der Waals surface area contributed by atoms with Gasteiger partial charge in [-0.2, -0.15) is 5.26 Å². The van der Waals surface area contributed by atoms with Gasteiger partial charge in [-0.1, -0.05) is 11.6 Å². The largest absolute Gasteiger partial charge is 0.265 e. The molecule has 0 atom stereocenters. The number of pyridine rings is 1. The zero-order valence-electron chi connectivity index (χ0n) is 7.39. The molecule has 2 nitrogen and oxygen atoms in total. The van der Waals surface area contributed by atoms with Gasteiger partial charge in [0.05, 0.1) is 23.2 Å². The molecule has 0 fully saturated rings. The highest BCUT2D eigenvalue weighted by Gasteiger charge is 2.16. The maximum absolute atomic E-state index is 12.4. The van der Waals surface area contributed by atoms with E-state index in [1.807, 2.05) is 6.07 Å². The number of aromatic nitrogens is 1. The monoisotopic (exact) mass is 216 g/mol. The second-order valence-electron chi connectivity index (χ2n) is 2.75. The van der Waals surface area contributed by atoms with Gasteiger partial charge in [0.15, 0.2) is 0 Å². The second-order valence-corrected chi connectivity index (χ2v) is 3.13. The van der Waals surface area contributed by atoms with Crippen molar-refractivity contribution in [2.24, 2.45) is 0 Å². The van der Waals surface area contributed by atoms with Crippen LogP contribution in [0.5, 0.6) is 0 Å². The molecule has 0 aromatic carbocycles. The molecule has 1 aromatic rings. The number of alkyl halides is 2. The minimum absolute atomic E-state index is 0.0553. The molecule has 5 heteroatoms. The molecular formula is C9H7ClF2N2. The first-order valence-corrected chi connectivity index (χ1v) is 4.25. The van der Waals surface area contributed by atoms with Gasteiger partial charge in [0.1, 0.15) is 0 Å². The average molecular weight is 217 g/mol. The summed E-state index contributed by atoms with van der Waals surface area (Å²) in [5, 5.41) is 8.32. The standard InChI is InChI=1S/C9H7ClF2N2/c1-5-4-6(9(11)12)8(10)7(14-5)2-3-13/h4,9H,2H2,1H3. The number of hydrogen-bond donors (Lipinski definition) is 0. The van der Waals surface area contributed by atoms with Gasteiger partial charge in [0.25, 0.3) is 6.43 Å². The van der Waals surface area contributed by atoms with Crippen molar-refractivity contribution >= 4 is 11.6 Å². The summed E-state index contributed by atoms with van der Waals surface area (Å²) in [5.74, 6) is 0. The highest BCUT2D eigenvalue weighted by molar-refractivity contribution is 6.32. The van der Waals surface area contributed by atoms with E-state index in [1.54, 1.807) is 6.92 Å². The molecule has 0 aliphatic heterocycles. The molecule has 74 valence electrons. The number of nitriles is 1. The van der Waals surface area contributed by atoms with Gasteiger partial charge in [-0.05, 0) is 13.0 Å². The summed E-state index contributed by atoms with van der Waals surface area (Å²) in [4.78, 5) is 3.92. The van der Waals surface area contributed by atoms with E-state index in [9.17, 15) is 8.78 Å². The molecule has 0 aliphatic carbocycles. The third-order valence-electron chi connectivity index (χ3n) is 1.66. The summed E-state index contributed by atoms with van der Waals surface area (Å²) in [7, 11) is 0. The van der Waals surface area contributed by atoms with E-state index in [-0.39, 0.29) is 22.7 Å². The van der Waals surface area contributed by atoms with E-state index < -0.39 is 6.43 Å². The molecule has 1 aromatic heterocycles. The molecule has 1 heterocycles. The summed E-state index contributed by atoms with van der Waals surface area (Å²) in [6.07, 6.45) is -2.69. The molecule has 0 spiro atoms. The van der Waals surface area contributed by atoms with Crippen molar-refractivity contribution < 1.29 is 8.78 Å². The number of hydrogen-bond acceptors (Lipinski definition) is 2. The molecule has 0 bridgehead atoms. The Labute approximate surface area is 85.1 Å². The fourth-order valence-electron chi connectivity index (χ4n) is 1.10. The van der Waals surface area contributed by atoms with E-state index in [2.05, 4.69) is 4.98 Å². The summed E-state index contributed by atoms with van der Waals surface area (Å²) in [5.41, 5.74) is 0.392. The SMILES string of the molecule is Cc1cc(C(F)F)c(Cl)c(CC#N)n1. The first kappa shape index (κ1) is 10.9. The Hall–Kier alpha value is -1.21. The van der Waals surface area contributed by atoms with Crippen molar-refractivity contribution in [1.29, 1.82) is 5.26 Å². The molecule has 0 aliphatic rings. The first-order chi connectivity index (χ1) is 6.56. The van der Waals surface area contributed by atoms with Gasteiger partial charge in [-0.3, -0.25) is 4.98 Å². The summed E-state index contributed by atoms with van der Waals surface area (Å²) < 4.78 is 24.9.